The van der Waals surface area contributed by atoms with E-state index >= 15 is 0 Å². The summed E-state index contributed by atoms with van der Waals surface area (Å²) >= 11 is 0. The molecule has 1 aromatic rings. The van der Waals surface area contributed by atoms with E-state index in [1.54, 1.807) is 6.07 Å². The van der Waals surface area contributed by atoms with Crippen LogP contribution in [-0.2, 0) is 20.7 Å². The molecular formula is C20H26O5. The lowest BCUT2D eigenvalue weighted by molar-refractivity contribution is -0.186. The van der Waals surface area contributed by atoms with Crippen molar-refractivity contribution >= 4 is 11.9 Å². The van der Waals surface area contributed by atoms with Crippen LogP contribution in [0.2, 0.25) is 0 Å². The maximum Gasteiger partial charge on any atom is 0.337 e. The van der Waals surface area contributed by atoms with E-state index in [0.29, 0.717) is 17.9 Å². The van der Waals surface area contributed by atoms with Gasteiger partial charge in [0.2, 0.25) is 0 Å². The van der Waals surface area contributed by atoms with Crippen LogP contribution < -0.4 is 4.74 Å². The van der Waals surface area contributed by atoms with Gasteiger partial charge in [-0.15, -0.1) is 0 Å². The third-order valence-electron chi connectivity index (χ3n) is 6.09. The van der Waals surface area contributed by atoms with Crippen LogP contribution in [0.5, 0.6) is 5.75 Å². The molecule has 1 aliphatic carbocycles. The molecular weight excluding hydrogens is 320 g/mol. The van der Waals surface area contributed by atoms with E-state index in [-0.39, 0.29) is 23.5 Å². The van der Waals surface area contributed by atoms with Gasteiger partial charge in [0.25, 0.3) is 0 Å². The molecule has 5 nitrogen and oxygen atoms in total. The first-order valence-electron chi connectivity index (χ1n) is 8.79. The largest absolute Gasteiger partial charge is 0.486 e. The zero-order valence-corrected chi connectivity index (χ0v) is 15.5. The van der Waals surface area contributed by atoms with Gasteiger partial charge in [0, 0.05) is 18.8 Å². The SMILES string of the molecule is COC(=O)c1ccc2c(c1)CC1(O2)C(C)CCC(OC(C)=O)C1(C)C. The monoisotopic (exact) mass is 346 g/mol. The fourth-order valence-electron chi connectivity index (χ4n) is 4.52. The zero-order valence-electron chi connectivity index (χ0n) is 15.5. The summed E-state index contributed by atoms with van der Waals surface area (Å²) in [5.41, 5.74) is 0.731. The van der Waals surface area contributed by atoms with Crippen molar-refractivity contribution in [1.82, 2.24) is 0 Å². The highest BCUT2D eigenvalue weighted by molar-refractivity contribution is 5.89. The Morgan fingerprint density at radius 3 is 2.60 bits per heavy atom. The summed E-state index contributed by atoms with van der Waals surface area (Å²) in [4.78, 5) is 23.4. The van der Waals surface area contributed by atoms with Crippen LogP contribution in [0.25, 0.3) is 0 Å². The molecule has 0 N–H and O–H groups in total. The number of hydrogen-bond donors (Lipinski definition) is 0. The Labute approximate surface area is 148 Å². The lowest BCUT2D eigenvalue weighted by Gasteiger charge is -2.54. The maximum atomic E-state index is 11.8. The quantitative estimate of drug-likeness (QED) is 0.767. The zero-order chi connectivity index (χ0) is 18.4. The van der Waals surface area contributed by atoms with Gasteiger partial charge >= 0.3 is 11.9 Å². The molecule has 25 heavy (non-hydrogen) atoms. The topological polar surface area (TPSA) is 61.8 Å². The molecule has 3 atom stereocenters. The second-order valence-electron chi connectivity index (χ2n) is 7.78. The van der Waals surface area contributed by atoms with Gasteiger partial charge in [0.05, 0.1) is 12.7 Å². The Morgan fingerprint density at radius 2 is 1.96 bits per heavy atom. The molecule has 0 saturated heterocycles. The van der Waals surface area contributed by atoms with Crippen molar-refractivity contribution in [3.63, 3.8) is 0 Å². The smallest absolute Gasteiger partial charge is 0.337 e. The molecule has 1 heterocycles. The van der Waals surface area contributed by atoms with Crippen molar-refractivity contribution in [3.05, 3.63) is 29.3 Å². The fraction of sp³-hybridized carbons (Fsp3) is 0.600. The summed E-state index contributed by atoms with van der Waals surface area (Å²) in [7, 11) is 1.38. The molecule has 0 radical (unpaired) electrons. The first-order valence-corrected chi connectivity index (χ1v) is 8.79. The van der Waals surface area contributed by atoms with Gasteiger partial charge in [-0.3, -0.25) is 4.79 Å². The van der Waals surface area contributed by atoms with Gasteiger partial charge in [-0.2, -0.15) is 0 Å². The lowest BCUT2D eigenvalue weighted by Crippen LogP contribution is -2.62. The molecule has 3 rings (SSSR count). The number of fused-ring (bicyclic) bond motifs is 1. The Bertz CT molecular complexity index is 708. The van der Waals surface area contributed by atoms with Gasteiger partial charge in [0.15, 0.2) is 0 Å². The van der Waals surface area contributed by atoms with Crippen molar-refractivity contribution in [2.24, 2.45) is 11.3 Å². The van der Waals surface area contributed by atoms with Crippen LogP contribution in [0.1, 0.15) is 56.5 Å². The van der Waals surface area contributed by atoms with Crippen LogP contribution in [-0.4, -0.2) is 30.8 Å². The minimum Gasteiger partial charge on any atom is -0.486 e. The predicted octanol–water partition coefficient (Wildman–Crippen LogP) is 3.53. The van der Waals surface area contributed by atoms with E-state index in [4.69, 9.17) is 14.2 Å². The first kappa shape index (κ1) is 17.8. The summed E-state index contributed by atoms with van der Waals surface area (Å²) in [5.74, 6) is 0.503. The third kappa shape index (κ3) is 2.70. The second kappa shape index (κ2) is 6.04. The normalized spacial score (nSPS) is 29.6. The standard InChI is InChI=1S/C20H26O5/c1-12-6-9-17(24-13(2)21)19(3,4)20(12)11-15-10-14(18(22)23-5)7-8-16(15)25-20/h7-8,10,12,17H,6,9,11H2,1-5H3. The number of methoxy groups -OCH3 is 1. The average Bonchev–Trinajstić information content (AvgIpc) is 2.96. The van der Waals surface area contributed by atoms with Crippen LogP contribution in [0.15, 0.2) is 18.2 Å². The van der Waals surface area contributed by atoms with Crippen LogP contribution in [0, 0.1) is 11.3 Å². The number of benzene rings is 1. The van der Waals surface area contributed by atoms with Crippen LogP contribution in [0.3, 0.4) is 0 Å². The third-order valence-corrected chi connectivity index (χ3v) is 6.09. The van der Waals surface area contributed by atoms with Crippen molar-refractivity contribution in [3.8, 4) is 5.75 Å². The van der Waals surface area contributed by atoms with Gasteiger partial charge in [0.1, 0.15) is 17.5 Å². The molecule has 1 aromatic carbocycles. The van der Waals surface area contributed by atoms with Gasteiger partial charge in [-0.05, 0) is 42.5 Å². The molecule has 1 aliphatic heterocycles. The molecule has 5 heteroatoms. The summed E-state index contributed by atoms with van der Waals surface area (Å²) in [6.07, 6.45) is 2.27. The molecule has 1 fully saturated rings. The van der Waals surface area contributed by atoms with E-state index in [2.05, 4.69) is 20.8 Å². The molecule has 2 aliphatic rings. The lowest BCUT2D eigenvalue weighted by atomic mass is 9.58. The molecule has 1 saturated carbocycles. The van der Waals surface area contributed by atoms with E-state index in [0.717, 1.165) is 24.2 Å². The fourth-order valence-corrected chi connectivity index (χ4v) is 4.52. The highest BCUT2D eigenvalue weighted by atomic mass is 16.6. The summed E-state index contributed by atoms with van der Waals surface area (Å²) in [5, 5.41) is 0. The molecule has 136 valence electrons. The van der Waals surface area contributed by atoms with E-state index in [1.165, 1.54) is 14.0 Å². The highest BCUT2D eigenvalue weighted by Crippen LogP contribution is 2.56. The van der Waals surface area contributed by atoms with Crippen molar-refractivity contribution in [2.45, 2.75) is 58.7 Å². The summed E-state index contributed by atoms with van der Waals surface area (Å²) in [6.45, 7) is 7.87. The van der Waals surface area contributed by atoms with Gasteiger partial charge in [-0.1, -0.05) is 20.8 Å². The van der Waals surface area contributed by atoms with Gasteiger partial charge < -0.3 is 14.2 Å². The summed E-state index contributed by atoms with van der Waals surface area (Å²) < 4.78 is 16.9. The average molecular weight is 346 g/mol. The van der Waals surface area contributed by atoms with Gasteiger partial charge in [-0.25, -0.2) is 4.79 Å². The summed E-state index contributed by atoms with van der Waals surface area (Å²) in [6, 6.07) is 5.43. The van der Waals surface area contributed by atoms with E-state index in [9.17, 15) is 9.59 Å². The molecule has 0 bridgehead atoms. The predicted molar refractivity (Wildman–Crippen MR) is 92.6 cm³/mol. The minimum absolute atomic E-state index is 0.185. The van der Waals surface area contributed by atoms with E-state index < -0.39 is 5.60 Å². The highest BCUT2D eigenvalue weighted by Gasteiger charge is 2.61. The van der Waals surface area contributed by atoms with Crippen molar-refractivity contribution < 1.29 is 23.8 Å². The number of esters is 2. The number of rotatable bonds is 2. The number of carbonyl (C=O) groups is 2. The van der Waals surface area contributed by atoms with Crippen molar-refractivity contribution in [1.29, 1.82) is 0 Å². The molecule has 0 aromatic heterocycles. The molecule has 3 unspecified atom stereocenters. The number of carbonyl (C=O) groups excluding carboxylic acids is 2. The van der Waals surface area contributed by atoms with E-state index in [1.807, 2.05) is 12.1 Å². The number of ether oxygens (including phenoxy) is 3. The molecule has 0 amide bonds. The van der Waals surface area contributed by atoms with Crippen LogP contribution in [0.4, 0.5) is 0 Å². The Hall–Kier alpha value is -2.04. The van der Waals surface area contributed by atoms with Crippen molar-refractivity contribution in [2.75, 3.05) is 7.11 Å². The first-order chi connectivity index (χ1) is 11.7. The molecule has 1 spiro atoms. The Kier molecular flexibility index (Phi) is 4.30. The minimum atomic E-state index is -0.456. The number of hydrogen-bond acceptors (Lipinski definition) is 5. The second-order valence-corrected chi connectivity index (χ2v) is 7.78. The Morgan fingerprint density at radius 1 is 1.24 bits per heavy atom. The maximum absolute atomic E-state index is 11.8. The Balaban J connectivity index is 1.97. The van der Waals surface area contributed by atoms with Crippen LogP contribution >= 0.6 is 0 Å².